The number of pyridine rings is 2. The number of hydrogen-bond donors (Lipinski definition) is 2. The van der Waals surface area contributed by atoms with E-state index in [4.69, 9.17) is 10.1 Å². The Morgan fingerprint density at radius 3 is 2.69 bits per heavy atom. The average Bonchev–Trinajstić information content (AvgIpc) is 2.69. The minimum atomic E-state index is 0.534. The zero-order valence-corrected chi connectivity index (χ0v) is 15.0. The molecule has 5 heteroatoms. The SMILES string of the molecule is CCOc1ncccc1-c1cc(NCc2ccccc2)c(C)c(C=N)n1. The topological polar surface area (TPSA) is 70.9 Å². The monoisotopic (exact) mass is 346 g/mol. The van der Waals surface area contributed by atoms with Crippen LogP contribution in [0.15, 0.2) is 54.7 Å². The fourth-order valence-electron chi connectivity index (χ4n) is 2.72. The van der Waals surface area contributed by atoms with Gasteiger partial charge in [-0.1, -0.05) is 30.3 Å². The van der Waals surface area contributed by atoms with Gasteiger partial charge in [0.05, 0.1) is 23.6 Å². The quantitative estimate of drug-likeness (QED) is 0.620. The first-order chi connectivity index (χ1) is 12.7. The fourth-order valence-corrected chi connectivity index (χ4v) is 2.72. The number of rotatable bonds is 7. The van der Waals surface area contributed by atoms with Crippen molar-refractivity contribution in [3.8, 4) is 17.1 Å². The number of nitrogens with one attached hydrogen (secondary N) is 2. The maximum atomic E-state index is 7.71. The summed E-state index contributed by atoms with van der Waals surface area (Å²) in [5.74, 6) is 0.552. The summed E-state index contributed by atoms with van der Waals surface area (Å²) >= 11 is 0. The Kier molecular flexibility index (Phi) is 5.59. The molecule has 26 heavy (non-hydrogen) atoms. The van der Waals surface area contributed by atoms with Gasteiger partial charge in [0.25, 0.3) is 0 Å². The highest BCUT2D eigenvalue weighted by atomic mass is 16.5. The van der Waals surface area contributed by atoms with Crippen LogP contribution in [0.2, 0.25) is 0 Å². The van der Waals surface area contributed by atoms with Crippen LogP contribution in [0.5, 0.6) is 5.88 Å². The van der Waals surface area contributed by atoms with Gasteiger partial charge in [-0.15, -0.1) is 0 Å². The van der Waals surface area contributed by atoms with E-state index in [0.717, 1.165) is 22.5 Å². The first kappa shape index (κ1) is 17.6. The van der Waals surface area contributed by atoms with E-state index in [0.29, 0.717) is 24.7 Å². The third kappa shape index (κ3) is 3.88. The molecule has 2 heterocycles. The summed E-state index contributed by atoms with van der Waals surface area (Å²) in [6.45, 7) is 5.13. The smallest absolute Gasteiger partial charge is 0.222 e. The van der Waals surface area contributed by atoms with Gasteiger partial charge in [0.1, 0.15) is 0 Å². The van der Waals surface area contributed by atoms with E-state index in [1.807, 2.05) is 50.2 Å². The predicted octanol–water partition coefficient (Wildman–Crippen LogP) is 4.46. The van der Waals surface area contributed by atoms with E-state index in [1.54, 1.807) is 6.20 Å². The van der Waals surface area contributed by atoms with Crippen molar-refractivity contribution in [2.45, 2.75) is 20.4 Å². The third-order valence-electron chi connectivity index (χ3n) is 4.10. The molecule has 0 saturated heterocycles. The van der Waals surface area contributed by atoms with Crippen LogP contribution in [-0.4, -0.2) is 22.8 Å². The van der Waals surface area contributed by atoms with Crippen LogP contribution in [0, 0.1) is 12.3 Å². The molecule has 0 spiro atoms. The Balaban J connectivity index is 1.98. The van der Waals surface area contributed by atoms with Crippen LogP contribution in [0.1, 0.15) is 23.7 Å². The molecule has 0 unspecified atom stereocenters. The molecule has 0 bridgehead atoms. The lowest BCUT2D eigenvalue weighted by Gasteiger charge is -2.15. The molecule has 0 amide bonds. The van der Waals surface area contributed by atoms with Crippen LogP contribution in [0.25, 0.3) is 11.3 Å². The highest BCUT2D eigenvalue weighted by Crippen LogP contribution is 2.30. The summed E-state index contributed by atoms with van der Waals surface area (Å²) in [4.78, 5) is 8.92. The summed E-state index contributed by atoms with van der Waals surface area (Å²) in [6.07, 6.45) is 2.98. The molecule has 1 aromatic carbocycles. The zero-order chi connectivity index (χ0) is 18.4. The van der Waals surface area contributed by atoms with E-state index < -0.39 is 0 Å². The van der Waals surface area contributed by atoms with Crippen molar-refractivity contribution >= 4 is 11.9 Å². The molecule has 5 nitrogen and oxygen atoms in total. The van der Waals surface area contributed by atoms with Crippen molar-refractivity contribution in [3.63, 3.8) is 0 Å². The molecule has 3 rings (SSSR count). The van der Waals surface area contributed by atoms with Crippen LogP contribution < -0.4 is 10.1 Å². The van der Waals surface area contributed by atoms with Gasteiger partial charge in [0.15, 0.2) is 0 Å². The summed E-state index contributed by atoms with van der Waals surface area (Å²) < 4.78 is 5.64. The van der Waals surface area contributed by atoms with Crippen LogP contribution in [0.4, 0.5) is 5.69 Å². The van der Waals surface area contributed by atoms with E-state index in [-0.39, 0.29) is 0 Å². The van der Waals surface area contributed by atoms with Gasteiger partial charge in [-0.2, -0.15) is 0 Å². The molecule has 3 aromatic rings. The Hall–Kier alpha value is -3.21. The van der Waals surface area contributed by atoms with Gasteiger partial charge in [-0.05, 0) is 43.2 Å². The van der Waals surface area contributed by atoms with E-state index in [9.17, 15) is 0 Å². The van der Waals surface area contributed by atoms with Crippen molar-refractivity contribution in [3.05, 3.63) is 71.5 Å². The van der Waals surface area contributed by atoms with Gasteiger partial charge < -0.3 is 15.5 Å². The largest absolute Gasteiger partial charge is 0.477 e. The van der Waals surface area contributed by atoms with Gasteiger partial charge >= 0.3 is 0 Å². The minimum Gasteiger partial charge on any atom is -0.477 e. The normalized spacial score (nSPS) is 10.4. The third-order valence-corrected chi connectivity index (χ3v) is 4.10. The number of hydrogen-bond acceptors (Lipinski definition) is 5. The van der Waals surface area contributed by atoms with Crippen molar-refractivity contribution < 1.29 is 4.74 Å². The molecule has 2 aromatic heterocycles. The van der Waals surface area contributed by atoms with E-state index in [2.05, 4.69) is 27.4 Å². The number of anilines is 1. The second-order valence-electron chi connectivity index (χ2n) is 5.84. The first-order valence-electron chi connectivity index (χ1n) is 8.61. The Morgan fingerprint density at radius 1 is 1.15 bits per heavy atom. The predicted molar refractivity (Wildman–Crippen MR) is 105 cm³/mol. The second-order valence-corrected chi connectivity index (χ2v) is 5.84. The molecule has 2 N–H and O–H groups in total. The summed E-state index contributed by atoms with van der Waals surface area (Å²) in [5.41, 5.74) is 5.27. The van der Waals surface area contributed by atoms with Crippen molar-refractivity contribution in [1.29, 1.82) is 5.41 Å². The maximum absolute atomic E-state index is 7.71. The van der Waals surface area contributed by atoms with Gasteiger partial charge in [0.2, 0.25) is 5.88 Å². The van der Waals surface area contributed by atoms with Crippen LogP contribution in [-0.2, 0) is 6.54 Å². The van der Waals surface area contributed by atoms with Crippen LogP contribution in [0.3, 0.4) is 0 Å². The highest BCUT2D eigenvalue weighted by Gasteiger charge is 2.13. The minimum absolute atomic E-state index is 0.534. The van der Waals surface area contributed by atoms with E-state index >= 15 is 0 Å². The maximum Gasteiger partial charge on any atom is 0.222 e. The number of ether oxygens (including phenoxy) is 1. The molecular weight excluding hydrogens is 324 g/mol. The lowest BCUT2D eigenvalue weighted by Crippen LogP contribution is -2.06. The lowest BCUT2D eigenvalue weighted by atomic mass is 10.1. The summed E-state index contributed by atoms with van der Waals surface area (Å²) in [7, 11) is 0. The lowest BCUT2D eigenvalue weighted by molar-refractivity contribution is 0.328. The Labute approximate surface area is 153 Å². The molecular formula is C21H22N4O. The van der Waals surface area contributed by atoms with Crippen molar-refractivity contribution in [1.82, 2.24) is 9.97 Å². The van der Waals surface area contributed by atoms with Gasteiger partial charge in [0, 0.05) is 24.6 Å². The summed E-state index contributed by atoms with van der Waals surface area (Å²) in [5, 5.41) is 11.2. The fraction of sp³-hybridized carbons (Fsp3) is 0.190. The molecule has 0 aliphatic rings. The highest BCUT2D eigenvalue weighted by molar-refractivity contribution is 5.83. The molecule has 0 aliphatic carbocycles. The van der Waals surface area contributed by atoms with Gasteiger partial charge in [-0.25, -0.2) is 9.97 Å². The summed E-state index contributed by atoms with van der Waals surface area (Å²) in [6, 6.07) is 16.0. The number of nitrogens with zero attached hydrogens (tertiary/aromatic N) is 2. The van der Waals surface area contributed by atoms with Crippen molar-refractivity contribution in [2.24, 2.45) is 0 Å². The van der Waals surface area contributed by atoms with Crippen molar-refractivity contribution in [2.75, 3.05) is 11.9 Å². The van der Waals surface area contributed by atoms with Crippen LogP contribution >= 0.6 is 0 Å². The molecule has 0 atom stereocenters. The number of benzene rings is 1. The van der Waals surface area contributed by atoms with Gasteiger partial charge in [-0.3, -0.25) is 0 Å². The zero-order valence-electron chi connectivity index (χ0n) is 15.0. The first-order valence-corrected chi connectivity index (χ1v) is 8.61. The molecule has 0 aliphatic heterocycles. The molecule has 0 fully saturated rings. The number of aromatic nitrogens is 2. The Bertz CT molecular complexity index is 894. The molecule has 132 valence electrons. The standard InChI is InChI=1S/C21H22N4O/c1-3-26-21-17(10-7-11-23-21)19-12-18(15(2)20(13-22)25-19)24-14-16-8-5-4-6-9-16/h4-13,22H,3,14H2,1-2H3,(H,24,25). The van der Waals surface area contributed by atoms with E-state index in [1.165, 1.54) is 11.8 Å². The Morgan fingerprint density at radius 2 is 1.96 bits per heavy atom. The molecule has 0 saturated carbocycles. The average molecular weight is 346 g/mol. The second kappa shape index (κ2) is 8.25. The molecule has 0 radical (unpaired) electrons.